The lowest BCUT2D eigenvalue weighted by Crippen LogP contribution is -2.09. The summed E-state index contributed by atoms with van der Waals surface area (Å²) in [5.41, 5.74) is 4.90. The van der Waals surface area contributed by atoms with E-state index < -0.39 is 15.7 Å². The molecule has 6 heteroatoms. The van der Waals surface area contributed by atoms with E-state index in [4.69, 9.17) is 10.2 Å². The van der Waals surface area contributed by atoms with Gasteiger partial charge in [0.2, 0.25) is 20.8 Å². The standard InChI is InChI=1S/C8H10NO4S/c1-14(11,12)8-5-3-6(13-8)2-4-7(9)10/h2-3,5H,4H2,1H3,(H2,9,10). The highest BCUT2D eigenvalue weighted by Gasteiger charge is 2.12. The molecule has 0 saturated carbocycles. The van der Waals surface area contributed by atoms with Gasteiger partial charge in [-0.2, -0.15) is 0 Å². The van der Waals surface area contributed by atoms with Crippen molar-refractivity contribution >= 4 is 15.7 Å². The van der Waals surface area contributed by atoms with Gasteiger partial charge in [0, 0.05) is 19.1 Å². The first-order valence-corrected chi connectivity index (χ1v) is 5.70. The fraction of sp³-hybridized carbons (Fsp3) is 0.250. The van der Waals surface area contributed by atoms with Crippen molar-refractivity contribution in [3.05, 3.63) is 24.3 Å². The van der Waals surface area contributed by atoms with Gasteiger partial charge in [-0.3, -0.25) is 4.79 Å². The van der Waals surface area contributed by atoms with Crippen molar-refractivity contribution in [1.29, 1.82) is 0 Å². The topological polar surface area (TPSA) is 90.4 Å². The fourth-order valence-electron chi connectivity index (χ4n) is 0.845. The van der Waals surface area contributed by atoms with E-state index >= 15 is 0 Å². The average molecular weight is 216 g/mol. The number of nitrogens with two attached hydrogens (primary N) is 1. The van der Waals surface area contributed by atoms with Crippen molar-refractivity contribution in [3.8, 4) is 0 Å². The third-order valence-corrected chi connectivity index (χ3v) is 2.42. The summed E-state index contributed by atoms with van der Waals surface area (Å²) in [6, 6.07) is 2.81. The molecule has 1 aromatic heterocycles. The van der Waals surface area contributed by atoms with Crippen LogP contribution in [0.25, 0.3) is 0 Å². The van der Waals surface area contributed by atoms with Crippen LogP contribution in [0.5, 0.6) is 0 Å². The second-order valence-corrected chi connectivity index (χ2v) is 4.75. The largest absolute Gasteiger partial charge is 0.449 e. The number of hydrogen-bond donors (Lipinski definition) is 1. The zero-order valence-electron chi connectivity index (χ0n) is 7.56. The summed E-state index contributed by atoms with van der Waals surface area (Å²) in [7, 11) is -3.32. The molecule has 0 aliphatic carbocycles. The molecule has 77 valence electrons. The van der Waals surface area contributed by atoms with Crippen LogP contribution in [0.15, 0.2) is 21.6 Å². The van der Waals surface area contributed by atoms with Crippen LogP contribution in [-0.4, -0.2) is 20.6 Å². The van der Waals surface area contributed by atoms with Crippen LogP contribution in [0.1, 0.15) is 12.2 Å². The summed E-state index contributed by atoms with van der Waals surface area (Å²) < 4.78 is 26.9. The Balaban J connectivity index is 2.74. The fourth-order valence-corrected chi connectivity index (χ4v) is 1.41. The number of furan rings is 1. The van der Waals surface area contributed by atoms with Crippen molar-refractivity contribution in [2.24, 2.45) is 5.73 Å². The number of sulfone groups is 1. The van der Waals surface area contributed by atoms with Gasteiger partial charge >= 0.3 is 0 Å². The summed E-state index contributed by atoms with van der Waals surface area (Å²) in [4.78, 5) is 10.4. The molecular weight excluding hydrogens is 206 g/mol. The Hall–Kier alpha value is -1.30. The van der Waals surface area contributed by atoms with E-state index in [9.17, 15) is 13.2 Å². The Morgan fingerprint density at radius 3 is 2.64 bits per heavy atom. The molecular formula is C8H10NO4S. The first-order valence-electron chi connectivity index (χ1n) is 3.81. The molecule has 1 rings (SSSR count). The molecule has 1 amide bonds. The van der Waals surface area contributed by atoms with Gasteiger partial charge in [-0.25, -0.2) is 8.42 Å². The van der Waals surface area contributed by atoms with Gasteiger partial charge in [0.15, 0.2) is 0 Å². The zero-order chi connectivity index (χ0) is 10.8. The van der Waals surface area contributed by atoms with Gasteiger partial charge in [0.1, 0.15) is 5.76 Å². The maximum atomic E-state index is 11.0. The summed E-state index contributed by atoms with van der Waals surface area (Å²) in [5.74, 6) is -0.175. The van der Waals surface area contributed by atoms with Gasteiger partial charge in [-0.15, -0.1) is 0 Å². The number of hydrogen-bond acceptors (Lipinski definition) is 4. The van der Waals surface area contributed by atoms with E-state index in [1.807, 2.05) is 0 Å². The molecule has 2 N–H and O–H groups in total. The van der Waals surface area contributed by atoms with Crippen LogP contribution in [0.4, 0.5) is 0 Å². The van der Waals surface area contributed by atoms with Gasteiger partial charge in [-0.05, 0) is 12.1 Å². The SMILES string of the molecule is CS(=O)(=O)c1ccc([CH]CC(N)=O)o1. The van der Waals surface area contributed by atoms with Crippen LogP contribution in [0.3, 0.4) is 0 Å². The Kier molecular flexibility index (Phi) is 2.95. The molecule has 0 aliphatic rings. The molecule has 14 heavy (non-hydrogen) atoms. The van der Waals surface area contributed by atoms with Gasteiger partial charge in [0.05, 0.1) is 0 Å². The molecule has 0 saturated heterocycles. The van der Waals surface area contributed by atoms with Gasteiger partial charge in [0.25, 0.3) is 0 Å². The van der Waals surface area contributed by atoms with Crippen molar-refractivity contribution in [2.45, 2.75) is 11.5 Å². The first-order chi connectivity index (χ1) is 6.39. The smallest absolute Gasteiger partial charge is 0.218 e. The second-order valence-electron chi connectivity index (χ2n) is 2.80. The maximum absolute atomic E-state index is 11.0. The van der Waals surface area contributed by atoms with Gasteiger partial charge in [-0.1, -0.05) is 0 Å². The maximum Gasteiger partial charge on any atom is 0.218 e. The van der Waals surface area contributed by atoms with Crippen LogP contribution in [-0.2, 0) is 14.6 Å². The average Bonchev–Trinajstić information content (AvgIpc) is 2.47. The quantitative estimate of drug-likeness (QED) is 0.773. The van der Waals surface area contributed by atoms with E-state index in [2.05, 4.69) is 0 Å². The third kappa shape index (κ3) is 2.88. The highest BCUT2D eigenvalue weighted by Crippen LogP contribution is 2.15. The Labute approximate surface area is 81.8 Å². The Bertz CT molecular complexity index is 432. The number of primary amides is 1. The van der Waals surface area contributed by atoms with Crippen LogP contribution in [0.2, 0.25) is 0 Å². The first kappa shape index (κ1) is 10.8. The number of carbonyl (C=O) groups excluding carboxylic acids is 1. The highest BCUT2D eigenvalue weighted by atomic mass is 32.2. The lowest BCUT2D eigenvalue weighted by atomic mass is 10.2. The van der Waals surface area contributed by atoms with Gasteiger partial charge < -0.3 is 10.2 Å². The van der Waals surface area contributed by atoms with Crippen molar-refractivity contribution in [3.63, 3.8) is 0 Å². The minimum atomic E-state index is -3.32. The third-order valence-electron chi connectivity index (χ3n) is 1.47. The van der Waals surface area contributed by atoms with E-state index in [0.717, 1.165) is 6.26 Å². The minimum absolute atomic E-state index is 0.0245. The molecule has 0 fully saturated rings. The monoisotopic (exact) mass is 216 g/mol. The Morgan fingerprint density at radius 1 is 1.57 bits per heavy atom. The highest BCUT2D eigenvalue weighted by molar-refractivity contribution is 7.90. The summed E-state index contributed by atoms with van der Waals surface area (Å²) in [5, 5.41) is -0.117. The molecule has 0 atom stereocenters. The van der Waals surface area contributed by atoms with E-state index in [1.165, 1.54) is 18.6 Å². The lowest BCUT2D eigenvalue weighted by molar-refractivity contribution is -0.117. The normalized spacial score (nSPS) is 11.5. The number of carbonyl (C=O) groups is 1. The van der Waals surface area contributed by atoms with Crippen molar-refractivity contribution in [1.82, 2.24) is 0 Å². The molecule has 0 spiro atoms. The molecule has 1 aromatic rings. The molecule has 0 bridgehead atoms. The Morgan fingerprint density at radius 2 is 2.21 bits per heavy atom. The molecule has 5 nitrogen and oxygen atoms in total. The minimum Gasteiger partial charge on any atom is -0.449 e. The predicted molar refractivity (Wildman–Crippen MR) is 49.0 cm³/mol. The summed E-state index contributed by atoms with van der Waals surface area (Å²) in [6.07, 6.45) is 2.50. The molecule has 0 unspecified atom stereocenters. The van der Waals surface area contributed by atoms with Crippen LogP contribution < -0.4 is 5.73 Å². The lowest BCUT2D eigenvalue weighted by Gasteiger charge is -1.93. The number of rotatable bonds is 4. The predicted octanol–water partition coefficient (Wildman–Crippen LogP) is 0.111. The molecule has 0 aromatic carbocycles. The van der Waals surface area contributed by atoms with Crippen molar-refractivity contribution in [2.75, 3.05) is 6.26 Å². The molecule has 1 heterocycles. The number of amides is 1. The summed E-state index contributed by atoms with van der Waals surface area (Å²) >= 11 is 0. The van der Waals surface area contributed by atoms with E-state index in [0.29, 0.717) is 5.76 Å². The molecule has 0 aliphatic heterocycles. The van der Waals surface area contributed by atoms with E-state index in [1.54, 1.807) is 0 Å². The summed E-state index contributed by atoms with van der Waals surface area (Å²) in [6.45, 7) is 0. The second kappa shape index (κ2) is 3.83. The molecule has 1 radical (unpaired) electrons. The van der Waals surface area contributed by atoms with Crippen molar-refractivity contribution < 1.29 is 17.6 Å². The van der Waals surface area contributed by atoms with E-state index in [-0.39, 0.29) is 11.5 Å². The zero-order valence-corrected chi connectivity index (χ0v) is 8.37. The van der Waals surface area contributed by atoms with Crippen LogP contribution >= 0.6 is 0 Å². The van der Waals surface area contributed by atoms with Crippen LogP contribution in [0, 0.1) is 6.42 Å².